The summed E-state index contributed by atoms with van der Waals surface area (Å²) in [5.41, 5.74) is 0.176. The first-order valence-electron chi connectivity index (χ1n) is 6.42. The summed E-state index contributed by atoms with van der Waals surface area (Å²) in [6.07, 6.45) is -3.28. The Morgan fingerprint density at radius 1 is 1.60 bits per heavy atom. The number of anilines is 1. The molecule has 2 rings (SSSR count). The fraction of sp³-hybridized carbons (Fsp3) is 0.667. The van der Waals surface area contributed by atoms with Crippen LogP contribution in [0.3, 0.4) is 0 Å². The third-order valence-electron chi connectivity index (χ3n) is 3.48. The minimum Gasteiger partial charge on any atom is -0.367 e. The number of halogens is 3. The molecule has 1 amide bonds. The van der Waals surface area contributed by atoms with Crippen molar-refractivity contribution in [2.45, 2.75) is 38.5 Å². The monoisotopic (exact) mass is 290 g/mol. The topological polar surface area (TPSA) is 50.2 Å². The first-order valence-corrected chi connectivity index (χ1v) is 6.42. The van der Waals surface area contributed by atoms with Crippen LogP contribution in [0.5, 0.6) is 0 Å². The van der Waals surface area contributed by atoms with Gasteiger partial charge in [-0.2, -0.15) is 18.3 Å². The Hall–Kier alpha value is -1.73. The molecule has 1 N–H and O–H groups in total. The van der Waals surface area contributed by atoms with Gasteiger partial charge in [-0.05, 0) is 20.3 Å². The van der Waals surface area contributed by atoms with E-state index < -0.39 is 12.2 Å². The summed E-state index contributed by atoms with van der Waals surface area (Å²) in [7, 11) is 1.60. The predicted molar refractivity (Wildman–Crippen MR) is 67.7 cm³/mol. The highest BCUT2D eigenvalue weighted by Gasteiger charge is 2.46. The summed E-state index contributed by atoms with van der Waals surface area (Å²) in [6.45, 7) is 3.93. The molecule has 8 heteroatoms. The first-order chi connectivity index (χ1) is 9.25. The Morgan fingerprint density at radius 2 is 2.25 bits per heavy atom. The largest absolute Gasteiger partial charge is 0.410 e. The van der Waals surface area contributed by atoms with E-state index >= 15 is 0 Å². The Kier molecular flexibility index (Phi) is 3.66. The van der Waals surface area contributed by atoms with E-state index in [1.54, 1.807) is 20.9 Å². The first kappa shape index (κ1) is 14.7. The third-order valence-corrected chi connectivity index (χ3v) is 3.48. The average Bonchev–Trinajstić information content (AvgIpc) is 2.78. The summed E-state index contributed by atoms with van der Waals surface area (Å²) < 4.78 is 40.0. The van der Waals surface area contributed by atoms with Gasteiger partial charge in [-0.1, -0.05) is 0 Å². The minimum absolute atomic E-state index is 0.102. The van der Waals surface area contributed by atoms with E-state index in [0.29, 0.717) is 6.54 Å². The smallest absolute Gasteiger partial charge is 0.367 e. The van der Waals surface area contributed by atoms with Crippen LogP contribution in [0.15, 0.2) is 6.20 Å². The number of hydrogen-bond acceptors (Lipinski definition) is 3. The van der Waals surface area contributed by atoms with Gasteiger partial charge in [0.05, 0.1) is 6.20 Å². The van der Waals surface area contributed by atoms with E-state index in [9.17, 15) is 18.0 Å². The molecule has 0 saturated heterocycles. The number of carbonyl (C=O) groups excluding carboxylic acids is 1. The summed E-state index contributed by atoms with van der Waals surface area (Å²) >= 11 is 0. The molecule has 0 saturated carbocycles. The third kappa shape index (κ3) is 2.46. The molecular formula is C12H17F3N4O. The van der Waals surface area contributed by atoms with Gasteiger partial charge < -0.3 is 10.2 Å². The van der Waals surface area contributed by atoms with Crippen molar-refractivity contribution < 1.29 is 18.0 Å². The lowest BCUT2D eigenvalue weighted by Gasteiger charge is -2.32. The average molecular weight is 290 g/mol. The molecule has 1 aromatic rings. The van der Waals surface area contributed by atoms with Gasteiger partial charge in [0.1, 0.15) is 11.4 Å². The van der Waals surface area contributed by atoms with Gasteiger partial charge in [0, 0.05) is 19.6 Å². The lowest BCUT2D eigenvalue weighted by Crippen LogP contribution is -2.38. The number of nitrogens with one attached hydrogen (secondary N) is 1. The molecule has 0 aromatic carbocycles. The zero-order chi connectivity index (χ0) is 15.1. The van der Waals surface area contributed by atoms with Crippen molar-refractivity contribution in [3.63, 3.8) is 0 Å². The number of rotatable bonds is 2. The molecule has 1 aliphatic heterocycles. The highest BCUT2D eigenvalue weighted by Crippen LogP contribution is 2.40. The van der Waals surface area contributed by atoms with Crippen molar-refractivity contribution in [2.24, 2.45) is 0 Å². The van der Waals surface area contributed by atoms with Crippen molar-refractivity contribution >= 4 is 11.7 Å². The van der Waals surface area contributed by atoms with Gasteiger partial charge in [0.2, 0.25) is 0 Å². The van der Waals surface area contributed by atoms with Gasteiger partial charge in [-0.15, -0.1) is 0 Å². The SMILES string of the molecule is CCN(C)C(=O)c1cnn2c1N[C@@H](C)C[C@H]2C(F)(F)F. The second-order valence-corrected chi connectivity index (χ2v) is 5.01. The predicted octanol–water partition coefficient (Wildman–Crippen LogP) is 2.28. The number of aromatic nitrogens is 2. The number of alkyl halides is 3. The molecule has 112 valence electrons. The molecule has 20 heavy (non-hydrogen) atoms. The highest BCUT2D eigenvalue weighted by atomic mass is 19.4. The summed E-state index contributed by atoms with van der Waals surface area (Å²) in [5, 5.41) is 6.69. The zero-order valence-corrected chi connectivity index (χ0v) is 11.5. The summed E-state index contributed by atoms with van der Waals surface area (Å²) in [6, 6.07) is -2.06. The van der Waals surface area contributed by atoms with Crippen LogP contribution in [0, 0.1) is 0 Å². The molecular weight excluding hydrogens is 273 g/mol. The van der Waals surface area contributed by atoms with E-state index in [2.05, 4.69) is 10.4 Å². The van der Waals surface area contributed by atoms with Crippen molar-refractivity contribution in [3.05, 3.63) is 11.8 Å². The summed E-state index contributed by atoms with van der Waals surface area (Å²) in [5.74, 6) is -0.187. The normalized spacial score (nSPS) is 22.1. The second kappa shape index (κ2) is 4.99. The number of nitrogens with zero attached hydrogens (tertiary/aromatic N) is 3. The van der Waals surface area contributed by atoms with Gasteiger partial charge in [0.25, 0.3) is 5.91 Å². The van der Waals surface area contributed by atoms with E-state index in [1.807, 2.05) is 0 Å². The van der Waals surface area contributed by atoms with Crippen LogP contribution in [0.2, 0.25) is 0 Å². The van der Waals surface area contributed by atoms with E-state index in [0.717, 1.165) is 4.68 Å². The molecule has 0 bridgehead atoms. The van der Waals surface area contributed by atoms with E-state index in [-0.39, 0.29) is 29.8 Å². The van der Waals surface area contributed by atoms with Gasteiger partial charge >= 0.3 is 6.18 Å². The Labute approximate surface area is 114 Å². The molecule has 5 nitrogen and oxygen atoms in total. The standard InChI is InChI=1S/C12H17F3N4O/c1-4-18(3)11(20)8-6-16-19-9(12(13,14)15)5-7(2)17-10(8)19/h6-7,9,17H,4-5H2,1-3H3/t7-,9-/m0/s1. The van der Waals surface area contributed by atoms with E-state index in [4.69, 9.17) is 0 Å². The molecule has 2 atom stereocenters. The van der Waals surface area contributed by atoms with Crippen LogP contribution in [0.1, 0.15) is 36.7 Å². The van der Waals surface area contributed by atoms with Crippen LogP contribution < -0.4 is 5.32 Å². The fourth-order valence-corrected chi connectivity index (χ4v) is 2.25. The van der Waals surface area contributed by atoms with Crippen molar-refractivity contribution in [2.75, 3.05) is 18.9 Å². The quantitative estimate of drug-likeness (QED) is 0.909. The molecule has 0 aliphatic carbocycles. The van der Waals surface area contributed by atoms with Crippen molar-refractivity contribution in [1.29, 1.82) is 0 Å². The summed E-state index contributed by atoms with van der Waals surface area (Å²) in [4.78, 5) is 13.6. The molecule has 0 unspecified atom stereocenters. The van der Waals surface area contributed by atoms with Crippen molar-refractivity contribution in [1.82, 2.24) is 14.7 Å². The second-order valence-electron chi connectivity index (χ2n) is 5.01. The van der Waals surface area contributed by atoms with Gasteiger partial charge in [-0.3, -0.25) is 4.79 Å². The molecule has 0 spiro atoms. The molecule has 1 aliphatic rings. The van der Waals surface area contributed by atoms with Crippen LogP contribution in [0.25, 0.3) is 0 Å². The van der Waals surface area contributed by atoms with Crippen LogP contribution in [-0.4, -0.2) is 46.4 Å². The Bertz CT molecular complexity index is 511. The maximum atomic E-state index is 13.0. The molecule has 0 radical (unpaired) electrons. The maximum absolute atomic E-state index is 13.0. The maximum Gasteiger partial charge on any atom is 0.410 e. The lowest BCUT2D eigenvalue weighted by molar-refractivity contribution is -0.173. The van der Waals surface area contributed by atoms with E-state index in [1.165, 1.54) is 11.1 Å². The Morgan fingerprint density at radius 3 is 2.80 bits per heavy atom. The minimum atomic E-state index is -4.38. The fourth-order valence-electron chi connectivity index (χ4n) is 2.25. The lowest BCUT2D eigenvalue weighted by atomic mass is 10.0. The molecule has 2 heterocycles. The van der Waals surface area contributed by atoms with Gasteiger partial charge in [-0.25, -0.2) is 4.68 Å². The molecule has 1 aromatic heterocycles. The number of amides is 1. The van der Waals surface area contributed by atoms with Crippen LogP contribution >= 0.6 is 0 Å². The number of hydrogen-bond donors (Lipinski definition) is 1. The van der Waals surface area contributed by atoms with Crippen LogP contribution in [0.4, 0.5) is 19.0 Å². The van der Waals surface area contributed by atoms with Crippen molar-refractivity contribution in [3.8, 4) is 0 Å². The zero-order valence-electron chi connectivity index (χ0n) is 11.5. The highest BCUT2D eigenvalue weighted by molar-refractivity contribution is 5.98. The number of fused-ring (bicyclic) bond motifs is 1. The Balaban J connectivity index is 2.43. The number of carbonyl (C=O) groups is 1. The van der Waals surface area contributed by atoms with Crippen LogP contribution in [-0.2, 0) is 0 Å². The van der Waals surface area contributed by atoms with Gasteiger partial charge in [0.15, 0.2) is 6.04 Å². The molecule has 0 fully saturated rings.